The molecule has 1 aromatic carbocycles. The SMILES string of the molecule is Cc1cc(=O)c(C(=O)Cc2cccc(C(F)(F)F)c2)cn1-c1ccnc(N2CCOCC2)c1. The molecule has 1 aliphatic rings. The molecule has 0 atom stereocenters. The number of nitrogens with zero attached hydrogens (tertiary/aromatic N) is 3. The van der Waals surface area contributed by atoms with Gasteiger partial charge in [0.25, 0.3) is 0 Å². The van der Waals surface area contributed by atoms with Crippen molar-refractivity contribution in [1.29, 1.82) is 0 Å². The molecule has 1 fully saturated rings. The van der Waals surface area contributed by atoms with Crippen LogP contribution < -0.4 is 10.3 Å². The van der Waals surface area contributed by atoms with Crippen LogP contribution in [0.25, 0.3) is 5.69 Å². The van der Waals surface area contributed by atoms with Gasteiger partial charge in [-0.1, -0.05) is 18.2 Å². The maximum atomic E-state index is 13.0. The molecule has 9 heteroatoms. The van der Waals surface area contributed by atoms with Crippen LogP contribution in [0.4, 0.5) is 19.0 Å². The molecule has 0 amide bonds. The van der Waals surface area contributed by atoms with E-state index in [-0.39, 0.29) is 17.5 Å². The number of pyridine rings is 2. The molecule has 0 radical (unpaired) electrons. The fraction of sp³-hybridized carbons (Fsp3) is 0.292. The third-order valence-electron chi connectivity index (χ3n) is 5.51. The van der Waals surface area contributed by atoms with Gasteiger partial charge in [-0.3, -0.25) is 9.59 Å². The first-order valence-corrected chi connectivity index (χ1v) is 10.4. The highest BCUT2D eigenvalue weighted by molar-refractivity contribution is 5.97. The number of morpholine rings is 1. The summed E-state index contributed by atoms with van der Waals surface area (Å²) in [4.78, 5) is 31.9. The number of carbonyl (C=O) groups excluding carboxylic acids is 1. The highest BCUT2D eigenvalue weighted by Gasteiger charge is 2.30. The summed E-state index contributed by atoms with van der Waals surface area (Å²) in [6.07, 6.45) is -1.71. The number of aryl methyl sites for hydroxylation is 1. The van der Waals surface area contributed by atoms with Crippen LogP contribution in [0, 0.1) is 6.92 Å². The van der Waals surface area contributed by atoms with Crippen LogP contribution in [0.1, 0.15) is 27.2 Å². The van der Waals surface area contributed by atoms with E-state index < -0.39 is 23.0 Å². The average Bonchev–Trinajstić information content (AvgIpc) is 2.79. The molecule has 0 bridgehead atoms. The number of rotatable bonds is 5. The Hall–Kier alpha value is -3.46. The Bertz CT molecular complexity index is 1230. The van der Waals surface area contributed by atoms with Crippen LogP contribution in [0.15, 0.2) is 59.7 Å². The number of Topliss-reactive ketones (excluding diaryl/α,β-unsaturated/α-hetero) is 1. The Morgan fingerprint density at radius 1 is 1.12 bits per heavy atom. The van der Waals surface area contributed by atoms with E-state index in [4.69, 9.17) is 4.74 Å². The highest BCUT2D eigenvalue weighted by atomic mass is 19.4. The molecule has 3 aromatic rings. The van der Waals surface area contributed by atoms with Gasteiger partial charge in [0.15, 0.2) is 11.2 Å². The van der Waals surface area contributed by atoms with Gasteiger partial charge in [0.05, 0.1) is 30.0 Å². The number of ketones is 1. The van der Waals surface area contributed by atoms with Crippen molar-refractivity contribution < 1.29 is 22.7 Å². The Labute approximate surface area is 188 Å². The summed E-state index contributed by atoms with van der Waals surface area (Å²) >= 11 is 0. The second-order valence-corrected chi connectivity index (χ2v) is 7.83. The standard InChI is InChI=1S/C24H22F3N3O3/c1-16-11-21(31)20(22(32)13-17-3-2-4-18(12-17)24(25,26)27)15-30(16)19-5-6-28-23(14-19)29-7-9-33-10-8-29/h2-6,11-12,14-15H,7-10,13H2,1H3. The minimum absolute atomic E-state index is 0.0808. The summed E-state index contributed by atoms with van der Waals surface area (Å²) in [6, 6.07) is 9.56. The first kappa shape index (κ1) is 22.7. The summed E-state index contributed by atoms with van der Waals surface area (Å²) in [5, 5.41) is 0. The number of hydrogen-bond acceptors (Lipinski definition) is 5. The van der Waals surface area contributed by atoms with E-state index >= 15 is 0 Å². The van der Waals surface area contributed by atoms with Crippen molar-refractivity contribution in [3.8, 4) is 5.69 Å². The minimum Gasteiger partial charge on any atom is -0.378 e. The lowest BCUT2D eigenvalue weighted by atomic mass is 10.0. The van der Waals surface area contributed by atoms with Gasteiger partial charge in [-0.05, 0) is 24.6 Å². The van der Waals surface area contributed by atoms with Crippen molar-refractivity contribution in [3.63, 3.8) is 0 Å². The molecule has 0 N–H and O–H groups in total. The number of anilines is 1. The van der Waals surface area contributed by atoms with Gasteiger partial charge in [-0.25, -0.2) is 4.98 Å². The first-order valence-electron chi connectivity index (χ1n) is 10.4. The average molecular weight is 457 g/mol. The first-order chi connectivity index (χ1) is 15.7. The van der Waals surface area contributed by atoms with E-state index in [2.05, 4.69) is 9.88 Å². The number of ether oxygens (including phenoxy) is 1. The Morgan fingerprint density at radius 3 is 2.61 bits per heavy atom. The lowest BCUT2D eigenvalue weighted by molar-refractivity contribution is -0.137. The normalized spacial score (nSPS) is 14.4. The van der Waals surface area contributed by atoms with Crippen molar-refractivity contribution in [2.75, 3.05) is 31.2 Å². The van der Waals surface area contributed by atoms with Crippen LogP contribution in [-0.4, -0.2) is 41.6 Å². The molecule has 6 nitrogen and oxygen atoms in total. The summed E-state index contributed by atoms with van der Waals surface area (Å²) in [5.41, 5.74) is 0.152. The molecule has 3 heterocycles. The molecule has 1 aliphatic heterocycles. The summed E-state index contributed by atoms with van der Waals surface area (Å²) in [6.45, 7) is 4.38. The molecule has 0 spiro atoms. The van der Waals surface area contributed by atoms with E-state index in [1.54, 1.807) is 23.8 Å². The van der Waals surface area contributed by atoms with E-state index in [1.165, 1.54) is 24.4 Å². The maximum absolute atomic E-state index is 13.0. The third kappa shape index (κ3) is 5.14. The zero-order valence-corrected chi connectivity index (χ0v) is 17.9. The predicted octanol–water partition coefficient (Wildman–Crippen LogP) is 3.82. The topological polar surface area (TPSA) is 64.4 Å². The smallest absolute Gasteiger partial charge is 0.378 e. The van der Waals surface area contributed by atoms with Gasteiger partial charge in [0.2, 0.25) is 0 Å². The second kappa shape index (κ2) is 9.19. The molecular formula is C24H22F3N3O3. The zero-order chi connectivity index (χ0) is 23.6. The molecule has 0 saturated carbocycles. The fourth-order valence-corrected chi connectivity index (χ4v) is 3.78. The van der Waals surface area contributed by atoms with E-state index in [0.717, 1.165) is 23.6 Å². The molecule has 4 rings (SSSR count). The monoisotopic (exact) mass is 457 g/mol. The quantitative estimate of drug-likeness (QED) is 0.545. The van der Waals surface area contributed by atoms with Crippen molar-refractivity contribution in [3.05, 3.63) is 87.5 Å². The van der Waals surface area contributed by atoms with Crippen LogP contribution in [0.3, 0.4) is 0 Å². The molecule has 1 saturated heterocycles. The zero-order valence-electron chi connectivity index (χ0n) is 17.9. The van der Waals surface area contributed by atoms with E-state index in [9.17, 15) is 22.8 Å². The largest absolute Gasteiger partial charge is 0.416 e. The summed E-state index contributed by atoms with van der Waals surface area (Å²) in [5.74, 6) is 0.210. The molecule has 33 heavy (non-hydrogen) atoms. The Morgan fingerprint density at radius 2 is 1.88 bits per heavy atom. The minimum atomic E-state index is -4.50. The summed E-state index contributed by atoms with van der Waals surface area (Å²) < 4.78 is 46.1. The van der Waals surface area contributed by atoms with Crippen molar-refractivity contribution in [1.82, 2.24) is 9.55 Å². The molecular weight excluding hydrogens is 435 g/mol. The van der Waals surface area contributed by atoms with Crippen LogP contribution >= 0.6 is 0 Å². The van der Waals surface area contributed by atoms with Gasteiger partial charge in [-0.15, -0.1) is 0 Å². The van der Waals surface area contributed by atoms with Crippen molar-refractivity contribution in [2.45, 2.75) is 19.5 Å². The van der Waals surface area contributed by atoms with Gasteiger partial charge in [0.1, 0.15) is 5.82 Å². The van der Waals surface area contributed by atoms with Crippen LogP contribution in [-0.2, 0) is 17.3 Å². The number of alkyl halides is 3. The van der Waals surface area contributed by atoms with Crippen molar-refractivity contribution >= 4 is 11.6 Å². The lowest BCUT2D eigenvalue weighted by Gasteiger charge is -2.28. The fourth-order valence-electron chi connectivity index (χ4n) is 3.78. The second-order valence-electron chi connectivity index (χ2n) is 7.83. The van der Waals surface area contributed by atoms with E-state index in [1.807, 2.05) is 6.07 Å². The predicted molar refractivity (Wildman–Crippen MR) is 117 cm³/mol. The Kier molecular flexibility index (Phi) is 6.33. The number of carbonyl (C=O) groups is 1. The van der Waals surface area contributed by atoms with Gasteiger partial charge in [0, 0.05) is 49.7 Å². The van der Waals surface area contributed by atoms with Gasteiger partial charge < -0.3 is 14.2 Å². The molecule has 2 aromatic heterocycles. The number of hydrogen-bond donors (Lipinski definition) is 0. The van der Waals surface area contributed by atoms with Gasteiger partial charge >= 0.3 is 6.18 Å². The third-order valence-corrected chi connectivity index (χ3v) is 5.51. The number of aromatic nitrogens is 2. The van der Waals surface area contributed by atoms with Crippen LogP contribution in [0.5, 0.6) is 0 Å². The Balaban J connectivity index is 1.64. The van der Waals surface area contributed by atoms with Crippen LogP contribution in [0.2, 0.25) is 0 Å². The number of benzene rings is 1. The molecule has 0 unspecified atom stereocenters. The molecule has 172 valence electrons. The van der Waals surface area contributed by atoms with E-state index in [0.29, 0.717) is 32.0 Å². The van der Waals surface area contributed by atoms with Crippen molar-refractivity contribution in [2.24, 2.45) is 0 Å². The summed E-state index contributed by atoms with van der Waals surface area (Å²) in [7, 11) is 0. The highest BCUT2D eigenvalue weighted by Crippen LogP contribution is 2.29. The lowest BCUT2D eigenvalue weighted by Crippen LogP contribution is -2.36. The maximum Gasteiger partial charge on any atom is 0.416 e. The number of halogens is 3. The van der Waals surface area contributed by atoms with Gasteiger partial charge in [-0.2, -0.15) is 13.2 Å². The molecule has 0 aliphatic carbocycles.